The zero-order valence-corrected chi connectivity index (χ0v) is 18.9. The Bertz CT molecular complexity index is 1140. The van der Waals surface area contributed by atoms with Gasteiger partial charge in [-0.15, -0.1) is 0 Å². The van der Waals surface area contributed by atoms with Crippen molar-refractivity contribution in [3.05, 3.63) is 89.2 Å². The quantitative estimate of drug-likeness (QED) is 0.541. The van der Waals surface area contributed by atoms with Crippen molar-refractivity contribution in [2.75, 3.05) is 10.2 Å². The minimum atomic E-state index is -0.725. The number of amides is 2. The number of anilines is 2. The van der Waals surface area contributed by atoms with Gasteiger partial charge in [-0.25, -0.2) is 0 Å². The number of nitrogens with zero attached hydrogens (tertiary/aromatic N) is 3. The normalized spacial score (nSPS) is 15.9. The summed E-state index contributed by atoms with van der Waals surface area (Å²) in [6, 6.07) is 17.4. The summed E-state index contributed by atoms with van der Waals surface area (Å²) in [5.41, 5.74) is 3.34. The summed E-state index contributed by atoms with van der Waals surface area (Å²) < 4.78 is 0. The minimum absolute atomic E-state index is 0.0258. The second kappa shape index (κ2) is 9.46. The Labute approximate surface area is 196 Å². The van der Waals surface area contributed by atoms with E-state index in [1.54, 1.807) is 41.6 Å². The molecule has 8 heteroatoms. The molecule has 1 aliphatic heterocycles. The Kier molecular flexibility index (Phi) is 6.48. The van der Waals surface area contributed by atoms with Gasteiger partial charge in [0, 0.05) is 29.6 Å². The van der Waals surface area contributed by atoms with E-state index >= 15 is 0 Å². The first-order chi connectivity index (χ1) is 15.4. The standard InChI is InChI=1S/C24H21ClN4O2S/c1-16-2-6-19(7-3-16)27-22(30)14-21-23(31)29(20-8-4-18(25)5-9-20)24(32)28(21)15-17-10-12-26-13-11-17/h2-13,21H,14-15H2,1H3,(H,27,30)/t21-/m0/s1. The molecule has 2 amide bonds. The third-order valence-corrected chi connectivity index (χ3v) is 5.89. The summed E-state index contributed by atoms with van der Waals surface area (Å²) in [6.45, 7) is 2.37. The predicted octanol–water partition coefficient (Wildman–Crippen LogP) is 4.57. The Balaban J connectivity index is 1.59. The van der Waals surface area contributed by atoms with Gasteiger partial charge in [-0.1, -0.05) is 29.3 Å². The molecule has 0 radical (unpaired) electrons. The van der Waals surface area contributed by atoms with E-state index in [1.165, 1.54) is 4.90 Å². The molecule has 1 N–H and O–H groups in total. The summed E-state index contributed by atoms with van der Waals surface area (Å²) in [5.74, 6) is -0.502. The number of halogens is 1. The van der Waals surface area contributed by atoms with Crippen LogP contribution >= 0.6 is 23.8 Å². The third kappa shape index (κ3) is 4.79. The third-order valence-electron chi connectivity index (χ3n) is 5.22. The van der Waals surface area contributed by atoms with Gasteiger partial charge < -0.3 is 10.2 Å². The second-order valence-electron chi connectivity index (χ2n) is 7.55. The van der Waals surface area contributed by atoms with Gasteiger partial charge in [-0.2, -0.15) is 0 Å². The van der Waals surface area contributed by atoms with E-state index in [2.05, 4.69) is 10.3 Å². The van der Waals surface area contributed by atoms with Crippen LogP contribution in [0.25, 0.3) is 0 Å². The first-order valence-electron chi connectivity index (χ1n) is 10.1. The van der Waals surface area contributed by atoms with E-state index in [9.17, 15) is 9.59 Å². The highest BCUT2D eigenvalue weighted by Crippen LogP contribution is 2.29. The van der Waals surface area contributed by atoms with Gasteiger partial charge in [0.2, 0.25) is 5.91 Å². The molecule has 1 atom stereocenters. The molecule has 1 aromatic heterocycles. The summed E-state index contributed by atoms with van der Waals surface area (Å²) in [7, 11) is 0. The van der Waals surface area contributed by atoms with E-state index in [-0.39, 0.29) is 18.2 Å². The van der Waals surface area contributed by atoms with Crippen LogP contribution < -0.4 is 10.2 Å². The topological polar surface area (TPSA) is 65.5 Å². The van der Waals surface area contributed by atoms with Crippen molar-refractivity contribution in [3.8, 4) is 0 Å². The zero-order valence-electron chi connectivity index (χ0n) is 17.4. The number of carbonyl (C=O) groups excluding carboxylic acids is 2. The van der Waals surface area contributed by atoms with Gasteiger partial charge in [0.1, 0.15) is 6.04 Å². The van der Waals surface area contributed by atoms with Crippen LogP contribution in [0.4, 0.5) is 11.4 Å². The van der Waals surface area contributed by atoms with Crippen molar-refractivity contribution in [2.45, 2.75) is 25.9 Å². The van der Waals surface area contributed by atoms with Crippen molar-refractivity contribution in [1.82, 2.24) is 9.88 Å². The maximum Gasteiger partial charge on any atom is 0.256 e. The molecule has 32 heavy (non-hydrogen) atoms. The lowest BCUT2D eigenvalue weighted by Gasteiger charge is -2.24. The van der Waals surface area contributed by atoms with Crippen LogP contribution in [0.2, 0.25) is 5.02 Å². The molecule has 6 nitrogen and oxygen atoms in total. The van der Waals surface area contributed by atoms with Crippen LogP contribution in [0.3, 0.4) is 0 Å². The van der Waals surface area contributed by atoms with Crippen molar-refractivity contribution in [1.29, 1.82) is 0 Å². The fourth-order valence-electron chi connectivity index (χ4n) is 3.55. The summed E-state index contributed by atoms with van der Waals surface area (Å²) >= 11 is 11.7. The fraction of sp³-hybridized carbons (Fsp3) is 0.167. The molecule has 2 aromatic carbocycles. The van der Waals surface area contributed by atoms with Crippen LogP contribution in [0.1, 0.15) is 17.5 Å². The van der Waals surface area contributed by atoms with Crippen LogP contribution in [-0.4, -0.2) is 32.9 Å². The molecule has 0 bridgehead atoms. The zero-order chi connectivity index (χ0) is 22.7. The summed E-state index contributed by atoms with van der Waals surface area (Å²) in [4.78, 5) is 33.5. The number of hydrogen-bond acceptors (Lipinski definition) is 4. The van der Waals surface area contributed by atoms with Crippen LogP contribution in [0, 0.1) is 6.92 Å². The molecule has 0 saturated carbocycles. The second-order valence-corrected chi connectivity index (χ2v) is 8.35. The molecule has 2 heterocycles. The number of aryl methyl sites for hydroxylation is 1. The average molecular weight is 465 g/mol. The molecule has 1 fully saturated rings. The van der Waals surface area contributed by atoms with Crippen molar-refractivity contribution < 1.29 is 9.59 Å². The predicted molar refractivity (Wildman–Crippen MR) is 130 cm³/mol. The first-order valence-corrected chi connectivity index (χ1v) is 10.9. The van der Waals surface area contributed by atoms with Crippen molar-refractivity contribution in [2.24, 2.45) is 0 Å². The SMILES string of the molecule is Cc1ccc(NC(=O)C[C@H]2C(=O)N(c3ccc(Cl)cc3)C(=S)N2Cc2ccncc2)cc1. The highest BCUT2D eigenvalue weighted by Gasteiger charge is 2.44. The fourth-order valence-corrected chi connectivity index (χ4v) is 4.06. The molecular weight excluding hydrogens is 444 g/mol. The van der Waals surface area contributed by atoms with E-state index in [4.69, 9.17) is 23.8 Å². The Morgan fingerprint density at radius 2 is 1.72 bits per heavy atom. The van der Waals surface area contributed by atoms with Gasteiger partial charge in [0.15, 0.2) is 5.11 Å². The Morgan fingerprint density at radius 1 is 1.06 bits per heavy atom. The molecule has 1 aliphatic rings. The number of nitrogens with one attached hydrogen (secondary N) is 1. The van der Waals surface area contributed by atoms with Crippen molar-refractivity contribution in [3.63, 3.8) is 0 Å². The molecule has 1 saturated heterocycles. The first kappa shape index (κ1) is 21.9. The number of hydrogen-bond donors (Lipinski definition) is 1. The van der Waals surface area contributed by atoms with Crippen LogP contribution in [0.15, 0.2) is 73.1 Å². The highest BCUT2D eigenvalue weighted by atomic mass is 35.5. The average Bonchev–Trinajstić information content (AvgIpc) is 3.01. The molecule has 0 unspecified atom stereocenters. The van der Waals surface area contributed by atoms with Gasteiger partial charge in [-0.05, 0) is 73.2 Å². The lowest BCUT2D eigenvalue weighted by molar-refractivity contribution is -0.124. The molecule has 4 rings (SSSR count). The Morgan fingerprint density at radius 3 is 2.38 bits per heavy atom. The number of pyridine rings is 1. The molecule has 0 aliphatic carbocycles. The molecule has 3 aromatic rings. The largest absolute Gasteiger partial charge is 0.332 e. The lowest BCUT2D eigenvalue weighted by Crippen LogP contribution is -2.37. The van der Waals surface area contributed by atoms with Crippen LogP contribution in [0.5, 0.6) is 0 Å². The summed E-state index contributed by atoms with van der Waals surface area (Å²) in [5, 5.41) is 3.78. The number of thiocarbonyl (C=S) groups is 1. The Hall–Kier alpha value is -3.29. The van der Waals surface area contributed by atoms with E-state index in [1.807, 2.05) is 43.3 Å². The van der Waals surface area contributed by atoms with Crippen LogP contribution in [-0.2, 0) is 16.1 Å². The van der Waals surface area contributed by atoms with E-state index in [0.29, 0.717) is 28.1 Å². The van der Waals surface area contributed by atoms with Gasteiger partial charge in [0.05, 0.1) is 12.1 Å². The molecule has 0 spiro atoms. The number of benzene rings is 2. The van der Waals surface area contributed by atoms with Crippen molar-refractivity contribution >= 4 is 52.1 Å². The maximum atomic E-state index is 13.4. The van der Waals surface area contributed by atoms with E-state index < -0.39 is 6.04 Å². The monoisotopic (exact) mass is 464 g/mol. The number of rotatable bonds is 6. The number of carbonyl (C=O) groups is 2. The van der Waals surface area contributed by atoms with Gasteiger partial charge in [0.25, 0.3) is 5.91 Å². The molecular formula is C24H21ClN4O2S. The number of aromatic nitrogens is 1. The van der Waals surface area contributed by atoms with Gasteiger partial charge >= 0.3 is 0 Å². The minimum Gasteiger partial charge on any atom is -0.332 e. The van der Waals surface area contributed by atoms with Gasteiger partial charge in [-0.3, -0.25) is 19.5 Å². The summed E-state index contributed by atoms with van der Waals surface area (Å²) in [6.07, 6.45) is 3.35. The molecule has 162 valence electrons. The lowest BCUT2D eigenvalue weighted by atomic mass is 10.1. The maximum absolute atomic E-state index is 13.4. The van der Waals surface area contributed by atoms with E-state index in [0.717, 1.165) is 11.1 Å². The smallest absolute Gasteiger partial charge is 0.256 e. The highest BCUT2D eigenvalue weighted by molar-refractivity contribution is 7.80.